The van der Waals surface area contributed by atoms with Gasteiger partial charge in [0, 0.05) is 24.1 Å². The van der Waals surface area contributed by atoms with E-state index in [1.807, 2.05) is 18.2 Å². The molecule has 0 bridgehead atoms. The van der Waals surface area contributed by atoms with Gasteiger partial charge in [0.05, 0.1) is 18.1 Å². The van der Waals surface area contributed by atoms with Crippen molar-refractivity contribution in [1.82, 2.24) is 4.90 Å². The lowest BCUT2D eigenvalue weighted by atomic mass is 9.92. The van der Waals surface area contributed by atoms with E-state index >= 15 is 0 Å². The summed E-state index contributed by atoms with van der Waals surface area (Å²) >= 11 is 6.24. The van der Waals surface area contributed by atoms with Crippen LogP contribution < -0.4 is 10.5 Å². The number of nitrogens with zero attached hydrogens (tertiary/aromatic N) is 1. The average Bonchev–Trinajstić information content (AvgIpc) is 3.05. The molecule has 0 radical (unpaired) electrons. The van der Waals surface area contributed by atoms with Crippen LogP contribution in [0.5, 0.6) is 5.75 Å². The Hall–Kier alpha value is -2.18. The standard InChI is InChI=1S/C19H17ClF2N2O2/c20-16-6-5-13(15-7-11(8-23)26-17(15)16)12-3-1-2-4-14(12)18(25)24-9-19(21,22)10-24/h1-6,11H,7-10,23H2. The van der Waals surface area contributed by atoms with Crippen LogP contribution in [0.4, 0.5) is 8.78 Å². The number of hydrogen-bond acceptors (Lipinski definition) is 3. The third-order valence-electron chi connectivity index (χ3n) is 4.77. The predicted octanol–water partition coefficient (Wildman–Crippen LogP) is 3.36. The maximum absolute atomic E-state index is 13.2. The second-order valence-corrected chi connectivity index (χ2v) is 7.05. The molecule has 0 saturated carbocycles. The Labute approximate surface area is 154 Å². The molecule has 26 heavy (non-hydrogen) atoms. The van der Waals surface area contributed by atoms with Crippen LogP contribution in [0.1, 0.15) is 15.9 Å². The molecule has 1 amide bonds. The fraction of sp³-hybridized carbons (Fsp3) is 0.316. The zero-order valence-electron chi connectivity index (χ0n) is 13.8. The topological polar surface area (TPSA) is 55.6 Å². The van der Waals surface area contributed by atoms with Crippen LogP contribution in [0.3, 0.4) is 0 Å². The highest BCUT2D eigenvalue weighted by Gasteiger charge is 2.46. The van der Waals surface area contributed by atoms with E-state index in [0.29, 0.717) is 34.9 Å². The van der Waals surface area contributed by atoms with Gasteiger partial charge >= 0.3 is 0 Å². The quantitative estimate of drug-likeness (QED) is 0.891. The lowest BCUT2D eigenvalue weighted by molar-refractivity contribution is -0.113. The molecule has 2 aromatic carbocycles. The minimum atomic E-state index is -2.80. The lowest BCUT2D eigenvalue weighted by Crippen LogP contribution is -2.58. The van der Waals surface area contributed by atoms with Crippen molar-refractivity contribution in [3.05, 3.63) is 52.5 Å². The number of carbonyl (C=O) groups is 1. The van der Waals surface area contributed by atoms with Crippen molar-refractivity contribution in [3.63, 3.8) is 0 Å². The number of halogens is 3. The zero-order valence-corrected chi connectivity index (χ0v) is 14.6. The van der Waals surface area contributed by atoms with Crippen LogP contribution in [-0.4, -0.2) is 42.5 Å². The van der Waals surface area contributed by atoms with Crippen molar-refractivity contribution in [2.45, 2.75) is 18.4 Å². The number of nitrogens with two attached hydrogens (primary N) is 1. The Morgan fingerprint density at radius 1 is 1.23 bits per heavy atom. The lowest BCUT2D eigenvalue weighted by Gasteiger charge is -2.39. The zero-order chi connectivity index (χ0) is 18.5. The largest absolute Gasteiger partial charge is 0.487 e. The Morgan fingerprint density at radius 3 is 2.65 bits per heavy atom. The summed E-state index contributed by atoms with van der Waals surface area (Å²) in [6, 6.07) is 10.6. The molecule has 0 aromatic heterocycles. The molecule has 1 fully saturated rings. The van der Waals surface area contributed by atoms with Gasteiger partial charge in [0.25, 0.3) is 11.8 Å². The van der Waals surface area contributed by atoms with E-state index < -0.39 is 24.9 Å². The summed E-state index contributed by atoms with van der Waals surface area (Å²) in [6.07, 6.45) is 0.423. The second kappa shape index (κ2) is 6.21. The first-order valence-corrected chi connectivity index (χ1v) is 8.72. The number of amides is 1. The van der Waals surface area contributed by atoms with Gasteiger partial charge in [-0.15, -0.1) is 0 Å². The molecule has 0 spiro atoms. The minimum absolute atomic E-state index is 0.166. The van der Waals surface area contributed by atoms with E-state index in [1.165, 1.54) is 0 Å². The fourth-order valence-corrected chi connectivity index (χ4v) is 3.70. The molecule has 1 saturated heterocycles. The number of rotatable bonds is 3. The summed E-state index contributed by atoms with van der Waals surface area (Å²) < 4.78 is 32.1. The first kappa shape index (κ1) is 17.2. The van der Waals surface area contributed by atoms with Crippen molar-refractivity contribution in [2.24, 2.45) is 5.73 Å². The highest BCUT2D eigenvalue weighted by atomic mass is 35.5. The van der Waals surface area contributed by atoms with Crippen LogP contribution >= 0.6 is 11.6 Å². The average molecular weight is 379 g/mol. The summed E-state index contributed by atoms with van der Waals surface area (Å²) in [5.74, 6) is -2.62. The highest BCUT2D eigenvalue weighted by Crippen LogP contribution is 2.43. The molecule has 0 aliphatic carbocycles. The maximum atomic E-state index is 13.2. The van der Waals surface area contributed by atoms with Crippen LogP contribution in [0.2, 0.25) is 5.02 Å². The van der Waals surface area contributed by atoms with Crippen LogP contribution in [0.15, 0.2) is 36.4 Å². The van der Waals surface area contributed by atoms with Crippen LogP contribution in [-0.2, 0) is 6.42 Å². The van der Waals surface area contributed by atoms with E-state index in [9.17, 15) is 13.6 Å². The van der Waals surface area contributed by atoms with Crippen molar-refractivity contribution < 1.29 is 18.3 Å². The smallest absolute Gasteiger partial charge is 0.282 e. The summed E-state index contributed by atoms with van der Waals surface area (Å²) in [5, 5.41) is 0.492. The van der Waals surface area contributed by atoms with E-state index in [1.54, 1.807) is 18.2 Å². The molecule has 2 heterocycles. The molecular weight excluding hydrogens is 362 g/mol. The Kier molecular flexibility index (Phi) is 4.12. The number of carbonyl (C=O) groups excluding carboxylic acids is 1. The number of benzene rings is 2. The molecule has 2 aliphatic rings. The number of ether oxygens (including phenoxy) is 1. The van der Waals surface area contributed by atoms with Crippen molar-refractivity contribution in [1.29, 1.82) is 0 Å². The molecule has 2 aliphatic heterocycles. The molecule has 4 nitrogen and oxygen atoms in total. The SMILES string of the molecule is NCC1Cc2c(-c3ccccc3C(=O)N3CC(F)(F)C3)ccc(Cl)c2O1. The van der Waals surface area contributed by atoms with Gasteiger partial charge < -0.3 is 15.4 Å². The molecule has 136 valence electrons. The number of likely N-dealkylation sites (tertiary alicyclic amines) is 1. The van der Waals surface area contributed by atoms with E-state index in [-0.39, 0.29) is 6.10 Å². The van der Waals surface area contributed by atoms with Crippen LogP contribution in [0.25, 0.3) is 11.1 Å². The van der Waals surface area contributed by atoms with Gasteiger partial charge in [-0.05, 0) is 23.3 Å². The monoisotopic (exact) mass is 378 g/mol. The summed E-state index contributed by atoms with van der Waals surface area (Å²) in [6.45, 7) is -0.734. The first-order chi connectivity index (χ1) is 12.4. The van der Waals surface area contributed by atoms with Gasteiger partial charge in [0.1, 0.15) is 11.9 Å². The Balaban J connectivity index is 1.75. The third-order valence-corrected chi connectivity index (χ3v) is 5.07. The molecule has 4 rings (SSSR count). The Morgan fingerprint density at radius 2 is 1.96 bits per heavy atom. The predicted molar refractivity (Wildman–Crippen MR) is 94.9 cm³/mol. The number of fused-ring (bicyclic) bond motifs is 1. The van der Waals surface area contributed by atoms with Gasteiger partial charge in [0.15, 0.2) is 0 Å². The maximum Gasteiger partial charge on any atom is 0.282 e. The highest BCUT2D eigenvalue weighted by molar-refractivity contribution is 6.32. The molecule has 2 aromatic rings. The van der Waals surface area contributed by atoms with Gasteiger partial charge in [-0.25, -0.2) is 8.78 Å². The normalized spacial score (nSPS) is 20.3. The van der Waals surface area contributed by atoms with E-state index in [2.05, 4.69) is 0 Å². The van der Waals surface area contributed by atoms with Crippen LogP contribution in [0, 0.1) is 0 Å². The second-order valence-electron chi connectivity index (χ2n) is 6.65. The number of alkyl halides is 2. The fourth-order valence-electron chi connectivity index (χ4n) is 3.48. The van der Waals surface area contributed by atoms with Gasteiger partial charge in [-0.2, -0.15) is 0 Å². The summed E-state index contributed by atoms with van der Waals surface area (Å²) in [7, 11) is 0. The molecular formula is C19H17ClF2N2O2. The Bertz CT molecular complexity index is 880. The molecule has 1 unspecified atom stereocenters. The van der Waals surface area contributed by atoms with Crippen molar-refractivity contribution in [2.75, 3.05) is 19.6 Å². The van der Waals surface area contributed by atoms with E-state index in [0.717, 1.165) is 16.0 Å². The molecule has 7 heteroatoms. The summed E-state index contributed by atoms with van der Waals surface area (Å²) in [4.78, 5) is 13.9. The number of hydrogen-bond donors (Lipinski definition) is 1. The summed E-state index contributed by atoms with van der Waals surface area (Å²) in [5.41, 5.74) is 8.50. The molecule has 1 atom stereocenters. The van der Waals surface area contributed by atoms with Crippen molar-refractivity contribution >= 4 is 17.5 Å². The first-order valence-electron chi connectivity index (χ1n) is 8.34. The minimum Gasteiger partial charge on any atom is -0.487 e. The van der Waals surface area contributed by atoms with Gasteiger partial charge in [0.2, 0.25) is 0 Å². The van der Waals surface area contributed by atoms with E-state index in [4.69, 9.17) is 22.1 Å². The van der Waals surface area contributed by atoms with Gasteiger partial charge in [-0.3, -0.25) is 4.79 Å². The molecule has 2 N–H and O–H groups in total. The van der Waals surface area contributed by atoms with Crippen molar-refractivity contribution in [3.8, 4) is 16.9 Å². The third kappa shape index (κ3) is 2.83. The van der Waals surface area contributed by atoms with Gasteiger partial charge in [-0.1, -0.05) is 35.9 Å².